The van der Waals surface area contributed by atoms with Gasteiger partial charge in [-0.15, -0.1) is 0 Å². The molecule has 0 saturated carbocycles. The topological polar surface area (TPSA) is 69.6 Å². The molecule has 1 atom stereocenters. The van der Waals surface area contributed by atoms with E-state index >= 15 is 0 Å². The zero-order chi connectivity index (χ0) is 12.8. The summed E-state index contributed by atoms with van der Waals surface area (Å²) in [6.45, 7) is 3.69. The molecule has 1 aromatic carbocycles. The predicted molar refractivity (Wildman–Crippen MR) is 66.1 cm³/mol. The number of phenols is 1. The lowest BCUT2D eigenvalue weighted by Gasteiger charge is -2.15. The zero-order valence-corrected chi connectivity index (χ0v) is 10.2. The number of aryl methyl sites for hydroxylation is 1. The highest BCUT2D eigenvalue weighted by molar-refractivity contribution is 5.97. The summed E-state index contributed by atoms with van der Waals surface area (Å²) in [5, 5.41) is 21.6. The van der Waals surface area contributed by atoms with Gasteiger partial charge in [-0.1, -0.05) is 26.0 Å². The number of carbonyl (C=O) groups is 1. The van der Waals surface area contributed by atoms with Crippen LogP contribution >= 0.6 is 0 Å². The summed E-state index contributed by atoms with van der Waals surface area (Å²) in [4.78, 5) is 11.9. The lowest BCUT2D eigenvalue weighted by Crippen LogP contribution is -2.37. The quantitative estimate of drug-likeness (QED) is 0.726. The molecule has 17 heavy (non-hydrogen) atoms. The molecular weight excluding hydrogens is 218 g/mol. The van der Waals surface area contributed by atoms with E-state index in [4.69, 9.17) is 5.11 Å². The second-order valence-electron chi connectivity index (χ2n) is 3.93. The number of carbonyl (C=O) groups excluding carboxylic acids is 1. The SMILES string of the molecule is CCc1cccc(C(=O)NC(CC)CO)c1O. The van der Waals surface area contributed by atoms with Gasteiger partial charge in [-0.2, -0.15) is 0 Å². The lowest BCUT2D eigenvalue weighted by molar-refractivity contribution is 0.0912. The number of amides is 1. The Morgan fingerprint density at radius 2 is 2.12 bits per heavy atom. The van der Waals surface area contributed by atoms with E-state index in [1.54, 1.807) is 18.2 Å². The van der Waals surface area contributed by atoms with Crippen LogP contribution in [0.1, 0.15) is 36.2 Å². The Morgan fingerprint density at radius 3 is 2.65 bits per heavy atom. The molecule has 4 nitrogen and oxygen atoms in total. The highest BCUT2D eigenvalue weighted by atomic mass is 16.3. The minimum atomic E-state index is -0.348. The van der Waals surface area contributed by atoms with E-state index in [-0.39, 0.29) is 29.9 Å². The number of aliphatic hydroxyl groups excluding tert-OH is 1. The maximum atomic E-state index is 11.9. The number of nitrogens with one attached hydrogen (secondary N) is 1. The number of hydrogen-bond acceptors (Lipinski definition) is 3. The summed E-state index contributed by atoms with van der Waals surface area (Å²) < 4.78 is 0. The molecule has 0 aliphatic carbocycles. The molecule has 1 aromatic rings. The number of aromatic hydroxyl groups is 1. The average Bonchev–Trinajstić information content (AvgIpc) is 2.35. The Hall–Kier alpha value is -1.55. The first-order chi connectivity index (χ1) is 8.13. The maximum Gasteiger partial charge on any atom is 0.255 e. The van der Waals surface area contributed by atoms with Gasteiger partial charge in [0.1, 0.15) is 5.75 Å². The van der Waals surface area contributed by atoms with Crippen LogP contribution < -0.4 is 5.32 Å². The first-order valence-electron chi connectivity index (χ1n) is 5.86. The number of rotatable bonds is 5. The molecule has 0 fully saturated rings. The van der Waals surface area contributed by atoms with Gasteiger partial charge in [0.25, 0.3) is 5.91 Å². The third-order valence-electron chi connectivity index (χ3n) is 2.79. The maximum absolute atomic E-state index is 11.9. The van der Waals surface area contributed by atoms with E-state index in [2.05, 4.69) is 5.32 Å². The lowest BCUT2D eigenvalue weighted by atomic mass is 10.1. The van der Waals surface area contributed by atoms with Crippen LogP contribution in [0.15, 0.2) is 18.2 Å². The second kappa shape index (κ2) is 6.25. The first kappa shape index (κ1) is 13.5. The van der Waals surface area contributed by atoms with E-state index in [9.17, 15) is 9.90 Å². The van der Waals surface area contributed by atoms with E-state index < -0.39 is 0 Å². The number of hydrogen-bond donors (Lipinski definition) is 3. The minimum absolute atomic E-state index is 0.0280. The van der Waals surface area contributed by atoms with Gasteiger partial charge in [0.15, 0.2) is 0 Å². The van der Waals surface area contributed by atoms with Crippen molar-refractivity contribution in [2.75, 3.05) is 6.61 Å². The van der Waals surface area contributed by atoms with Crippen molar-refractivity contribution in [3.05, 3.63) is 29.3 Å². The van der Waals surface area contributed by atoms with Crippen LogP contribution in [-0.2, 0) is 6.42 Å². The summed E-state index contributed by atoms with van der Waals surface area (Å²) in [7, 11) is 0. The Morgan fingerprint density at radius 1 is 1.41 bits per heavy atom. The smallest absolute Gasteiger partial charge is 0.255 e. The van der Waals surface area contributed by atoms with Crippen LogP contribution in [0.25, 0.3) is 0 Å². The summed E-state index contributed by atoms with van der Waals surface area (Å²) in [5.74, 6) is -0.320. The average molecular weight is 237 g/mol. The van der Waals surface area contributed by atoms with Gasteiger partial charge in [-0.25, -0.2) is 0 Å². The van der Waals surface area contributed by atoms with Crippen molar-refractivity contribution in [2.24, 2.45) is 0 Å². The van der Waals surface area contributed by atoms with Crippen molar-refractivity contribution in [1.29, 1.82) is 0 Å². The molecule has 0 aliphatic rings. The van der Waals surface area contributed by atoms with Crippen molar-refractivity contribution in [1.82, 2.24) is 5.32 Å². The van der Waals surface area contributed by atoms with Crippen LogP contribution in [0.2, 0.25) is 0 Å². The van der Waals surface area contributed by atoms with Crippen molar-refractivity contribution >= 4 is 5.91 Å². The van der Waals surface area contributed by atoms with Gasteiger partial charge >= 0.3 is 0 Å². The van der Waals surface area contributed by atoms with E-state index in [1.165, 1.54) is 0 Å². The number of aliphatic hydroxyl groups is 1. The molecule has 0 aromatic heterocycles. The van der Waals surface area contributed by atoms with Gasteiger partial charge < -0.3 is 15.5 Å². The molecular formula is C13H19NO3. The van der Waals surface area contributed by atoms with Crippen LogP contribution in [-0.4, -0.2) is 28.8 Å². The molecule has 94 valence electrons. The monoisotopic (exact) mass is 237 g/mol. The summed E-state index contributed by atoms with van der Waals surface area (Å²) in [6.07, 6.45) is 1.32. The van der Waals surface area contributed by atoms with Crippen LogP contribution in [0, 0.1) is 0 Å². The van der Waals surface area contributed by atoms with Gasteiger partial charge in [0, 0.05) is 0 Å². The first-order valence-corrected chi connectivity index (χ1v) is 5.86. The van der Waals surface area contributed by atoms with Crippen molar-refractivity contribution < 1.29 is 15.0 Å². The molecule has 1 unspecified atom stereocenters. The largest absolute Gasteiger partial charge is 0.507 e. The third kappa shape index (κ3) is 3.20. The van der Waals surface area contributed by atoms with Gasteiger partial charge in [-0.3, -0.25) is 4.79 Å². The summed E-state index contributed by atoms with van der Waals surface area (Å²) >= 11 is 0. The Labute approximate surface area is 101 Å². The Kier molecular flexibility index (Phi) is 4.97. The summed E-state index contributed by atoms with van der Waals surface area (Å²) in [6, 6.07) is 4.84. The van der Waals surface area contributed by atoms with Gasteiger partial charge in [0.2, 0.25) is 0 Å². The fourth-order valence-electron chi connectivity index (χ4n) is 1.60. The van der Waals surface area contributed by atoms with E-state index in [1.807, 2.05) is 13.8 Å². The van der Waals surface area contributed by atoms with Crippen molar-refractivity contribution in [3.63, 3.8) is 0 Å². The van der Waals surface area contributed by atoms with E-state index in [0.717, 1.165) is 5.56 Å². The summed E-state index contributed by atoms with van der Waals surface area (Å²) in [5.41, 5.74) is 1.01. The van der Waals surface area contributed by atoms with Gasteiger partial charge in [0.05, 0.1) is 18.2 Å². The molecule has 3 N–H and O–H groups in total. The van der Waals surface area contributed by atoms with Gasteiger partial charge in [-0.05, 0) is 24.5 Å². The van der Waals surface area contributed by atoms with Crippen LogP contribution in [0.5, 0.6) is 5.75 Å². The molecule has 0 aliphatic heterocycles. The molecule has 0 saturated heterocycles. The van der Waals surface area contributed by atoms with Crippen molar-refractivity contribution in [2.45, 2.75) is 32.7 Å². The highest BCUT2D eigenvalue weighted by Gasteiger charge is 2.16. The number of phenolic OH excluding ortho intramolecular Hbond substituents is 1. The standard InChI is InChI=1S/C13H19NO3/c1-3-9-6-5-7-11(12(9)16)13(17)14-10(4-2)8-15/h5-7,10,15-16H,3-4,8H2,1-2H3,(H,14,17). The second-order valence-corrected chi connectivity index (χ2v) is 3.93. The molecule has 0 bridgehead atoms. The number of para-hydroxylation sites is 1. The Balaban J connectivity index is 2.89. The molecule has 0 spiro atoms. The molecule has 0 radical (unpaired) electrons. The molecule has 0 heterocycles. The predicted octanol–water partition coefficient (Wildman–Crippen LogP) is 1.46. The van der Waals surface area contributed by atoms with E-state index in [0.29, 0.717) is 12.8 Å². The van der Waals surface area contributed by atoms with Crippen LogP contribution in [0.3, 0.4) is 0 Å². The molecule has 1 rings (SSSR count). The van der Waals surface area contributed by atoms with Crippen molar-refractivity contribution in [3.8, 4) is 5.75 Å². The zero-order valence-electron chi connectivity index (χ0n) is 10.2. The van der Waals surface area contributed by atoms with Crippen LogP contribution in [0.4, 0.5) is 0 Å². The normalized spacial score (nSPS) is 12.2. The fourth-order valence-corrected chi connectivity index (χ4v) is 1.60. The fraction of sp³-hybridized carbons (Fsp3) is 0.462. The minimum Gasteiger partial charge on any atom is -0.507 e. The molecule has 1 amide bonds. The Bertz CT molecular complexity index is 386. The number of benzene rings is 1. The molecule has 4 heteroatoms. The highest BCUT2D eigenvalue weighted by Crippen LogP contribution is 2.22. The third-order valence-corrected chi connectivity index (χ3v) is 2.79.